The Morgan fingerprint density at radius 3 is 2.32 bits per heavy atom. The van der Waals surface area contributed by atoms with Crippen LogP contribution < -0.4 is 5.32 Å². The predicted octanol–water partition coefficient (Wildman–Crippen LogP) is 4.12. The lowest BCUT2D eigenvalue weighted by atomic mass is 10.2. The van der Waals surface area contributed by atoms with Gasteiger partial charge in [-0.05, 0) is 24.3 Å². The molecule has 6 heteroatoms. The first-order chi connectivity index (χ1) is 10.2. The lowest BCUT2D eigenvalue weighted by Crippen LogP contribution is -2.11. The van der Waals surface area contributed by atoms with E-state index in [2.05, 4.69) is 26.1 Å². The third-order valence-corrected chi connectivity index (χ3v) is 3.73. The van der Waals surface area contributed by atoms with Gasteiger partial charge in [-0.1, -0.05) is 20.8 Å². The second-order valence-corrected chi connectivity index (χ2v) is 7.60. The Morgan fingerprint density at radius 1 is 1.18 bits per heavy atom. The quantitative estimate of drug-likeness (QED) is 0.829. The smallest absolute Gasteiger partial charge is 0.338 e. The molecular formula is C16H17NO4S. The van der Waals surface area contributed by atoms with Gasteiger partial charge in [0.25, 0.3) is 5.91 Å². The van der Waals surface area contributed by atoms with Gasteiger partial charge in [-0.15, -0.1) is 11.8 Å². The number of aromatic carboxylic acids is 1. The average Bonchev–Trinajstić information content (AvgIpc) is 2.89. The highest BCUT2D eigenvalue weighted by atomic mass is 32.2. The number of carbonyl (C=O) groups is 2. The zero-order chi connectivity index (χ0) is 16.3. The molecule has 0 unspecified atom stereocenters. The Kier molecular flexibility index (Phi) is 4.61. The van der Waals surface area contributed by atoms with E-state index in [0.717, 1.165) is 11.2 Å². The molecule has 1 aromatic heterocycles. The summed E-state index contributed by atoms with van der Waals surface area (Å²) in [6, 6.07) is 8.65. The maximum absolute atomic E-state index is 12.0. The van der Waals surface area contributed by atoms with E-state index in [1.54, 1.807) is 23.9 Å². The van der Waals surface area contributed by atoms with Gasteiger partial charge in [0.15, 0.2) is 5.76 Å². The highest BCUT2D eigenvalue weighted by Crippen LogP contribution is 2.32. The van der Waals surface area contributed by atoms with Crippen LogP contribution in [-0.2, 0) is 0 Å². The molecule has 2 rings (SSSR count). The SMILES string of the molecule is CC(C)(C)Sc1ccc(NC(=O)c2cc(C(=O)O)co2)cc1. The van der Waals surface area contributed by atoms with Crippen LogP contribution in [0.25, 0.3) is 0 Å². The predicted molar refractivity (Wildman–Crippen MR) is 85.7 cm³/mol. The van der Waals surface area contributed by atoms with Crippen molar-refractivity contribution in [1.29, 1.82) is 0 Å². The van der Waals surface area contributed by atoms with Crippen molar-refractivity contribution in [3.8, 4) is 0 Å². The number of hydrogen-bond donors (Lipinski definition) is 2. The van der Waals surface area contributed by atoms with Crippen LogP contribution >= 0.6 is 11.8 Å². The topological polar surface area (TPSA) is 79.5 Å². The Balaban J connectivity index is 2.03. The van der Waals surface area contributed by atoms with Crippen molar-refractivity contribution in [2.24, 2.45) is 0 Å². The standard InChI is InChI=1S/C16H17NO4S/c1-16(2,3)22-12-6-4-11(5-7-12)17-14(18)13-8-10(9-21-13)15(19)20/h4-9H,1-3H3,(H,17,18)(H,19,20). The highest BCUT2D eigenvalue weighted by Gasteiger charge is 2.15. The average molecular weight is 319 g/mol. The van der Waals surface area contributed by atoms with Crippen LogP contribution in [0.5, 0.6) is 0 Å². The van der Waals surface area contributed by atoms with Gasteiger partial charge >= 0.3 is 5.97 Å². The van der Waals surface area contributed by atoms with Gasteiger partial charge < -0.3 is 14.8 Å². The Hall–Kier alpha value is -2.21. The molecule has 0 saturated heterocycles. The number of carbonyl (C=O) groups excluding carboxylic acids is 1. The normalized spacial score (nSPS) is 11.2. The largest absolute Gasteiger partial charge is 0.478 e. The molecule has 0 fully saturated rings. The Morgan fingerprint density at radius 2 is 1.82 bits per heavy atom. The number of furan rings is 1. The van der Waals surface area contributed by atoms with Gasteiger partial charge in [-0.2, -0.15) is 0 Å². The number of benzene rings is 1. The summed E-state index contributed by atoms with van der Waals surface area (Å²) in [4.78, 5) is 23.8. The minimum absolute atomic E-state index is 0.0365. The summed E-state index contributed by atoms with van der Waals surface area (Å²) in [6.45, 7) is 6.39. The van der Waals surface area contributed by atoms with E-state index in [1.807, 2.05) is 12.1 Å². The van der Waals surface area contributed by atoms with Crippen molar-refractivity contribution in [2.45, 2.75) is 30.4 Å². The van der Waals surface area contributed by atoms with E-state index in [9.17, 15) is 9.59 Å². The minimum atomic E-state index is -1.13. The van der Waals surface area contributed by atoms with Crippen molar-refractivity contribution in [3.63, 3.8) is 0 Å². The fourth-order valence-corrected chi connectivity index (χ4v) is 2.70. The van der Waals surface area contributed by atoms with Crippen LogP contribution in [-0.4, -0.2) is 21.7 Å². The number of amides is 1. The molecule has 0 atom stereocenters. The van der Waals surface area contributed by atoms with E-state index in [0.29, 0.717) is 5.69 Å². The summed E-state index contributed by atoms with van der Waals surface area (Å²) in [5.74, 6) is -1.65. The van der Waals surface area contributed by atoms with Crippen LogP contribution in [0.3, 0.4) is 0 Å². The first-order valence-electron chi connectivity index (χ1n) is 6.67. The summed E-state index contributed by atoms with van der Waals surface area (Å²) < 4.78 is 5.07. The lowest BCUT2D eigenvalue weighted by molar-refractivity contribution is 0.0696. The summed E-state index contributed by atoms with van der Waals surface area (Å²) in [7, 11) is 0. The third-order valence-electron chi connectivity index (χ3n) is 2.61. The van der Waals surface area contributed by atoms with Crippen molar-refractivity contribution in [3.05, 3.63) is 47.9 Å². The number of hydrogen-bond acceptors (Lipinski definition) is 4. The molecule has 116 valence electrons. The Bertz CT molecular complexity index is 683. The highest BCUT2D eigenvalue weighted by molar-refractivity contribution is 8.00. The molecule has 0 spiro atoms. The second-order valence-electron chi connectivity index (χ2n) is 5.70. The van der Waals surface area contributed by atoms with Crippen molar-refractivity contribution in [1.82, 2.24) is 0 Å². The number of thioether (sulfide) groups is 1. The van der Waals surface area contributed by atoms with Gasteiger partial charge in [0.1, 0.15) is 6.26 Å². The molecule has 0 aliphatic heterocycles. The number of carboxylic acid groups (broad SMARTS) is 1. The molecule has 5 nitrogen and oxygen atoms in total. The van der Waals surface area contributed by atoms with E-state index >= 15 is 0 Å². The zero-order valence-electron chi connectivity index (χ0n) is 12.5. The summed E-state index contributed by atoms with van der Waals surface area (Å²) in [6.07, 6.45) is 1.04. The van der Waals surface area contributed by atoms with Crippen LogP contribution in [0.2, 0.25) is 0 Å². The van der Waals surface area contributed by atoms with Crippen molar-refractivity contribution >= 4 is 29.3 Å². The van der Waals surface area contributed by atoms with Gasteiger partial charge in [0.2, 0.25) is 0 Å². The van der Waals surface area contributed by atoms with E-state index < -0.39 is 11.9 Å². The van der Waals surface area contributed by atoms with Gasteiger partial charge in [-0.3, -0.25) is 4.79 Å². The second kappa shape index (κ2) is 6.27. The number of carboxylic acids is 1. The number of anilines is 1. The van der Waals surface area contributed by atoms with E-state index in [1.165, 1.54) is 6.07 Å². The van der Waals surface area contributed by atoms with E-state index in [4.69, 9.17) is 9.52 Å². The van der Waals surface area contributed by atoms with Crippen molar-refractivity contribution < 1.29 is 19.1 Å². The van der Waals surface area contributed by atoms with Crippen LogP contribution in [0.1, 0.15) is 41.7 Å². The molecule has 1 heterocycles. The fourth-order valence-electron chi connectivity index (χ4n) is 1.72. The molecule has 0 aliphatic rings. The monoisotopic (exact) mass is 319 g/mol. The molecule has 1 aromatic carbocycles. The summed E-state index contributed by atoms with van der Waals surface area (Å²) >= 11 is 1.73. The summed E-state index contributed by atoms with van der Waals surface area (Å²) in [5, 5.41) is 11.5. The molecule has 1 amide bonds. The first-order valence-corrected chi connectivity index (χ1v) is 7.48. The zero-order valence-corrected chi connectivity index (χ0v) is 13.4. The van der Waals surface area contributed by atoms with Crippen molar-refractivity contribution in [2.75, 3.05) is 5.32 Å². The summed E-state index contributed by atoms with van der Waals surface area (Å²) in [5.41, 5.74) is 0.568. The molecule has 2 aromatic rings. The molecule has 0 radical (unpaired) electrons. The molecule has 0 bridgehead atoms. The molecule has 2 N–H and O–H groups in total. The minimum Gasteiger partial charge on any atom is -0.478 e. The molecule has 0 aliphatic carbocycles. The third kappa shape index (κ3) is 4.39. The fraction of sp³-hybridized carbons (Fsp3) is 0.250. The number of rotatable bonds is 4. The number of nitrogens with one attached hydrogen (secondary N) is 1. The van der Waals surface area contributed by atoms with Gasteiger partial charge in [0.05, 0.1) is 5.56 Å². The van der Waals surface area contributed by atoms with Gasteiger partial charge in [-0.25, -0.2) is 4.79 Å². The Labute approximate surface area is 132 Å². The maximum atomic E-state index is 12.0. The van der Waals surface area contributed by atoms with Crippen LogP contribution in [0.15, 0.2) is 45.9 Å². The van der Waals surface area contributed by atoms with Crippen LogP contribution in [0, 0.1) is 0 Å². The maximum Gasteiger partial charge on any atom is 0.338 e. The first kappa shape index (κ1) is 16.2. The molecular weight excluding hydrogens is 302 g/mol. The van der Waals surface area contributed by atoms with E-state index in [-0.39, 0.29) is 16.1 Å². The van der Waals surface area contributed by atoms with Gasteiger partial charge in [0, 0.05) is 21.4 Å². The molecule has 0 saturated carbocycles. The van der Waals surface area contributed by atoms with Crippen LogP contribution in [0.4, 0.5) is 5.69 Å². The molecule has 22 heavy (non-hydrogen) atoms. The lowest BCUT2D eigenvalue weighted by Gasteiger charge is -2.17.